The van der Waals surface area contributed by atoms with E-state index < -0.39 is 12.2 Å². The molecule has 3 aliphatic rings. The molecule has 0 aromatic rings. The number of aliphatic hydroxyl groups excluding tert-OH is 1. The zero-order valence-electron chi connectivity index (χ0n) is 16.5. The van der Waals surface area contributed by atoms with Gasteiger partial charge in [0.1, 0.15) is 12.2 Å². The van der Waals surface area contributed by atoms with Gasteiger partial charge in [-0.1, -0.05) is 13.8 Å². The first-order chi connectivity index (χ1) is 12.7. The Morgan fingerprint density at radius 2 is 2.19 bits per heavy atom. The van der Waals surface area contributed by atoms with Crippen molar-refractivity contribution in [2.45, 2.75) is 39.4 Å². The molecule has 27 heavy (non-hydrogen) atoms. The molecule has 7 heteroatoms. The minimum atomic E-state index is -0.568. The van der Waals surface area contributed by atoms with E-state index in [0.29, 0.717) is 6.42 Å². The number of nitrogens with zero attached hydrogens (tertiary/aromatic N) is 1. The van der Waals surface area contributed by atoms with Gasteiger partial charge in [0.05, 0.1) is 6.61 Å². The van der Waals surface area contributed by atoms with E-state index in [1.807, 2.05) is 13.0 Å². The number of aliphatic hydroxyl groups is 1. The summed E-state index contributed by atoms with van der Waals surface area (Å²) >= 11 is 0. The predicted octanol–water partition coefficient (Wildman–Crippen LogP) is 1.75. The molecule has 148 valence electrons. The normalized spacial score (nSPS) is 32.6. The lowest BCUT2D eigenvalue weighted by Gasteiger charge is -2.48. The molecule has 0 saturated heterocycles. The van der Waals surface area contributed by atoms with E-state index >= 15 is 0 Å². The van der Waals surface area contributed by atoms with E-state index in [2.05, 4.69) is 25.2 Å². The van der Waals surface area contributed by atoms with Gasteiger partial charge in [0.15, 0.2) is 0 Å². The van der Waals surface area contributed by atoms with E-state index in [9.17, 15) is 9.59 Å². The highest BCUT2D eigenvalue weighted by atomic mass is 16.6. The molecule has 1 heterocycles. The van der Waals surface area contributed by atoms with Crippen LogP contribution in [0.15, 0.2) is 34.6 Å². The van der Waals surface area contributed by atoms with E-state index in [1.165, 1.54) is 0 Å². The zero-order chi connectivity index (χ0) is 19.9. The number of fused-ring (bicyclic) bond motifs is 2. The summed E-state index contributed by atoms with van der Waals surface area (Å²) in [7, 11) is 3.39. The second-order valence-corrected chi connectivity index (χ2v) is 7.72. The Hall–Kier alpha value is -2.12. The third-order valence-corrected chi connectivity index (χ3v) is 6.31. The van der Waals surface area contributed by atoms with E-state index in [4.69, 9.17) is 14.6 Å². The molecular formula is C20H28N2O5. The first kappa shape index (κ1) is 19.6. The summed E-state index contributed by atoms with van der Waals surface area (Å²) < 4.78 is 11.3. The Morgan fingerprint density at radius 3 is 2.81 bits per heavy atom. The number of carbonyl (C=O) groups is 2. The van der Waals surface area contributed by atoms with Crippen molar-refractivity contribution in [1.29, 1.82) is 0 Å². The SMILES string of the molecule is CO[C@@H]1C=C2C=C3C(=C(C)C(=O)N3C)C[C@]2(C)[C@@H](C)[C@H]1OC(=O)NCCO. The fourth-order valence-electron chi connectivity index (χ4n) is 4.35. The molecule has 2 amide bonds. The van der Waals surface area contributed by atoms with Crippen LogP contribution >= 0.6 is 0 Å². The minimum absolute atomic E-state index is 0.0264. The van der Waals surface area contributed by atoms with Gasteiger partial charge in [-0.25, -0.2) is 4.79 Å². The number of carbonyl (C=O) groups excluding carboxylic acids is 2. The fraction of sp³-hybridized carbons (Fsp3) is 0.600. The number of rotatable bonds is 4. The van der Waals surface area contributed by atoms with Crippen LogP contribution in [0.25, 0.3) is 0 Å². The highest BCUT2D eigenvalue weighted by Gasteiger charge is 2.51. The molecule has 3 rings (SSSR count). The first-order valence-corrected chi connectivity index (χ1v) is 9.25. The van der Waals surface area contributed by atoms with Crippen molar-refractivity contribution in [1.82, 2.24) is 10.2 Å². The van der Waals surface area contributed by atoms with Gasteiger partial charge in [-0.2, -0.15) is 0 Å². The number of hydrogen-bond donors (Lipinski definition) is 2. The van der Waals surface area contributed by atoms with Crippen LogP contribution in [-0.4, -0.2) is 61.5 Å². The fourth-order valence-corrected chi connectivity index (χ4v) is 4.35. The number of amides is 2. The van der Waals surface area contributed by atoms with Crippen LogP contribution in [0.2, 0.25) is 0 Å². The molecule has 0 spiro atoms. The maximum absolute atomic E-state index is 12.4. The molecule has 4 atom stereocenters. The van der Waals surface area contributed by atoms with Crippen LogP contribution in [0.1, 0.15) is 27.2 Å². The number of methoxy groups -OCH3 is 1. The monoisotopic (exact) mass is 376 g/mol. The Labute approximate surface area is 159 Å². The van der Waals surface area contributed by atoms with Gasteiger partial charge in [0, 0.05) is 43.3 Å². The summed E-state index contributed by atoms with van der Waals surface area (Å²) in [4.78, 5) is 26.1. The van der Waals surface area contributed by atoms with E-state index in [0.717, 1.165) is 22.4 Å². The molecule has 0 aromatic heterocycles. The standard InChI is InChI=1S/C20H28N2O5/c1-11-14-10-20(3)12(2)17(27-19(25)21-6-7-23)16(26-5)9-13(20)8-15(14)22(4)18(11)24/h8-9,12,16-17,23H,6-7,10H2,1-5H3,(H,21,25)/t12-,16+,17+,20+/m0/s1. The van der Waals surface area contributed by atoms with Gasteiger partial charge in [-0.15, -0.1) is 0 Å². The van der Waals surface area contributed by atoms with E-state index in [1.54, 1.807) is 19.1 Å². The highest BCUT2D eigenvalue weighted by Crippen LogP contribution is 2.54. The number of allylic oxidation sites excluding steroid dienone is 3. The maximum atomic E-state index is 12.4. The van der Waals surface area contributed by atoms with Crippen molar-refractivity contribution in [3.05, 3.63) is 34.6 Å². The van der Waals surface area contributed by atoms with Crippen molar-refractivity contribution >= 4 is 12.0 Å². The lowest BCUT2D eigenvalue weighted by molar-refractivity contribution is -0.123. The van der Waals surface area contributed by atoms with Crippen LogP contribution in [0.5, 0.6) is 0 Å². The molecular weight excluding hydrogens is 348 g/mol. The van der Waals surface area contributed by atoms with Crippen molar-refractivity contribution < 1.29 is 24.2 Å². The molecule has 0 unspecified atom stereocenters. The van der Waals surface area contributed by atoms with Crippen LogP contribution in [0.4, 0.5) is 4.79 Å². The van der Waals surface area contributed by atoms with Crippen molar-refractivity contribution in [2.24, 2.45) is 11.3 Å². The average Bonchev–Trinajstić information content (AvgIpc) is 2.85. The Kier molecular flexibility index (Phi) is 5.18. The number of alkyl carbamates (subject to hydrolysis) is 1. The number of likely N-dealkylation sites (N-methyl/N-ethyl adjacent to an activating group) is 1. The number of nitrogens with one attached hydrogen (secondary N) is 1. The maximum Gasteiger partial charge on any atom is 0.407 e. The van der Waals surface area contributed by atoms with Crippen molar-refractivity contribution in [2.75, 3.05) is 27.3 Å². The zero-order valence-corrected chi connectivity index (χ0v) is 16.5. The number of hydrogen-bond acceptors (Lipinski definition) is 5. The van der Waals surface area contributed by atoms with Crippen LogP contribution in [0.3, 0.4) is 0 Å². The first-order valence-electron chi connectivity index (χ1n) is 9.25. The molecule has 2 N–H and O–H groups in total. The van der Waals surface area contributed by atoms with Crippen molar-refractivity contribution in [3.8, 4) is 0 Å². The minimum Gasteiger partial charge on any atom is -0.443 e. The largest absolute Gasteiger partial charge is 0.443 e. The second kappa shape index (κ2) is 7.13. The molecule has 2 aliphatic carbocycles. The van der Waals surface area contributed by atoms with Crippen LogP contribution in [0, 0.1) is 11.3 Å². The predicted molar refractivity (Wildman–Crippen MR) is 99.7 cm³/mol. The third kappa shape index (κ3) is 3.08. The topological polar surface area (TPSA) is 88.1 Å². The summed E-state index contributed by atoms with van der Waals surface area (Å²) in [6.07, 6.45) is 3.36. The molecule has 0 radical (unpaired) electrons. The summed E-state index contributed by atoms with van der Waals surface area (Å²) in [5, 5.41) is 11.4. The average molecular weight is 376 g/mol. The smallest absolute Gasteiger partial charge is 0.407 e. The van der Waals surface area contributed by atoms with Crippen LogP contribution in [-0.2, 0) is 14.3 Å². The highest BCUT2D eigenvalue weighted by molar-refractivity contribution is 6.00. The van der Waals surface area contributed by atoms with Gasteiger partial charge in [-0.05, 0) is 36.6 Å². The Morgan fingerprint density at radius 1 is 1.48 bits per heavy atom. The van der Waals surface area contributed by atoms with Gasteiger partial charge in [0.2, 0.25) is 0 Å². The van der Waals surface area contributed by atoms with Gasteiger partial charge in [-0.3, -0.25) is 4.79 Å². The van der Waals surface area contributed by atoms with Gasteiger partial charge in [0.25, 0.3) is 5.91 Å². The molecule has 0 fully saturated rings. The van der Waals surface area contributed by atoms with Crippen molar-refractivity contribution in [3.63, 3.8) is 0 Å². The molecule has 0 bridgehead atoms. The summed E-state index contributed by atoms with van der Waals surface area (Å²) in [6, 6.07) is 0. The number of ether oxygens (including phenoxy) is 2. The van der Waals surface area contributed by atoms with Gasteiger partial charge < -0.3 is 24.8 Å². The van der Waals surface area contributed by atoms with E-state index in [-0.39, 0.29) is 36.5 Å². The molecule has 0 saturated carbocycles. The third-order valence-electron chi connectivity index (χ3n) is 6.31. The lowest BCUT2D eigenvalue weighted by atomic mass is 9.59. The second-order valence-electron chi connectivity index (χ2n) is 7.72. The lowest BCUT2D eigenvalue weighted by Crippen LogP contribution is -2.50. The Bertz CT molecular complexity index is 753. The molecule has 7 nitrogen and oxygen atoms in total. The van der Waals surface area contributed by atoms with Gasteiger partial charge >= 0.3 is 6.09 Å². The summed E-state index contributed by atoms with van der Waals surface area (Å²) in [6.45, 7) is 6.07. The Balaban J connectivity index is 1.97. The quantitative estimate of drug-likeness (QED) is 0.780. The molecule has 0 aromatic carbocycles. The summed E-state index contributed by atoms with van der Waals surface area (Å²) in [5.41, 5.74) is 3.62. The summed E-state index contributed by atoms with van der Waals surface area (Å²) in [5.74, 6) is 0.00709. The van der Waals surface area contributed by atoms with Crippen LogP contribution < -0.4 is 5.32 Å². The molecule has 1 aliphatic heterocycles.